The molecule has 0 saturated carbocycles. The lowest BCUT2D eigenvalue weighted by Crippen LogP contribution is -2.25. The van der Waals surface area contributed by atoms with E-state index in [0.717, 1.165) is 11.3 Å². The SMILES string of the molecule is O=C(Cc1ccc(-n2cccc2)cc1)NCc1cccnc1OCC(F)(F)F. The molecule has 146 valence electrons. The molecule has 0 saturated heterocycles. The number of benzene rings is 1. The van der Waals surface area contributed by atoms with E-state index >= 15 is 0 Å². The number of carbonyl (C=O) groups is 1. The second-order valence-corrected chi connectivity index (χ2v) is 6.08. The molecule has 8 heteroatoms. The lowest BCUT2D eigenvalue weighted by Gasteiger charge is -2.12. The van der Waals surface area contributed by atoms with Gasteiger partial charge in [0.05, 0.1) is 6.42 Å². The molecule has 2 aromatic heterocycles. The highest BCUT2D eigenvalue weighted by molar-refractivity contribution is 5.78. The van der Waals surface area contributed by atoms with Crippen molar-refractivity contribution in [1.82, 2.24) is 14.9 Å². The molecule has 0 aliphatic heterocycles. The zero-order valence-electron chi connectivity index (χ0n) is 14.8. The zero-order valence-corrected chi connectivity index (χ0v) is 14.8. The molecule has 0 spiro atoms. The van der Waals surface area contributed by atoms with Gasteiger partial charge in [0, 0.05) is 36.4 Å². The number of pyridine rings is 1. The number of carbonyl (C=O) groups excluding carboxylic acids is 1. The number of halogens is 3. The summed E-state index contributed by atoms with van der Waals surface area (Å²) in [5, 5.41) is 2.68. The van der Waals surface area contributed by atoms with E-state index in [1.54, 1.807) is 12.1 Å². The fourth-order valence-corrected chi connectivity index (χ4v) is 2.57. The average Bonchev–Trinajstić information content (AvgIpc) is 3.20. The second kappa shape index (κ2) is 8.60. The van der Waals surface area contributed by atoms with Gasteiger partial charge in [0.2, 0.25) is 11.8 Å². The maximum atomic E-state index is 12.3. The van der Waals surface area contributed by atoms with E-state index in [0.29, 0.717) is 5.56 Å². The van der Waals surface area contributed by atoms with Gasteiger partial charge in [-0.2, -0.15) is 13.2 Å². The van der Waals surface area contributed by atoms with Crippen LogP contribution < -0.4 is 10.1 Å². The Morgan fingerprint density at radius 1 is 1.07 bits per heavy atom. The maximum Gasteiger partial charge on any atom is 0.422 e. The molecule has 0 unspecified atom stereocenters. The number of rotatable bonds is 7. The van der Waals surface area contributed by atoms with Crippen LogP contribution >= 0.6 is 0 Å². The van der Waals surface area contributed by atoms with E-state index in [9.17, 15) is 18.0 Å². The molecular formula is C20H18F3N3O2. The Balaban J connectivity index is 1.54. The maximum absolute atomic E-state index is 12.3. The van der Waals surface area contributed by atoms with Crippen LogP contribution in [-0.2, 0) is 17.8 Å². The highest BCUT2D eigenvalue weighted by atomic mass is 19.4. The van der Waals surface area contributed by atoms with Gasteiger partial charge in [-0.15, -0.1) is 0 Å². The van der Waals surface area contributed by atoms with Gasteiger partial charge in [-0.3, -0.25) is 4.79 Å². The van der Waals surface area contributed by atoms with Gasteiger partial charge < -0.3 is 14.6 Å². The van der Waals surface area contributed by atoms with Crippen molar-refractivity contribution in [2.24, 2.45) is 0 Å². The largest absolute Gasteiger partial charge is 0.468 e. The summed E-state index contributed by atoms with van der Waals surface area (Å²) in [6.45, 7) is -1.40. The number of hydrogen-bond acceptors (Lipinski definition) is 3. The van der Waals surface area contributed by atoms with Gasteiger partial charge in [-0.25, -0.2) is 4.98 Å². The molecule has 1 N–H and O–H groups in total. The van der Waals surface area contributed by atoms with Crippen molar-refractivity contribution in [3.63, 3.8) is 0 Å². The number of nitrogens with zero attached hydrogens (tertiary/aromatic N) is 2. The number of amides is 1. The van der Waals surface area contributed by atoms with Crippen LogP contribution in [0.3, 0.4) is 0 Å². The van der Waals surface area contributed by atoms with Crippen LogP contribution in [0.15, 0.2) is 67.1 Å². The van der Waals surface area contributed by atoms with Crippen molar-refractivity contribution in [2.45, 2.75) is 19.1 Å². The van der Waals surface area contributed by atoms with Crippen molar-refractivity contribution >= 4 is 5.91 Å². The van der Waals surface area contributed by atoms with E-state index < -0.39 is 12.8 Å². The van der Waals surface area contributed by atoms with Crippen LogP contribution in [0.1, 0.15) is 11.1 Å². The lowest BCUT2D eigenvalue weighted by molar-refractivity contribution is -0.154. The third-order valence-electron chi connectivity index (χ3n) is 3.90. The topological polar surface area (TPSA) is 56.2 Å². The smallest absolute Gasteiger partial charge is 0.422 e. The van der Waals surface area contributed by atoms with Crippen LogP contribution in [0.25, 0.3) is 5.69 Å². The lowest BCUT2D eigenvalue weighted by atomic mass is 10.1. The van der Waals surface area contributed by atoms with E-state index in [-0.39, 0.29) is 24.8 Å². The first-order chi connectivity index (χ1) is 13.4. The van der Waals surface area contributed by atoms with Crippen LogP contribution in [0, 0.1) is 0 Å². The summed E-state index contributed by atoms with van der Waals surface area (Å²) in [5.41, 5.74) is 2.19. The summed E-state index contributed by atoms with van der Waals surface area (Å²) >= 11 is 0. The zero-order chi connectivity index (χ0) is 20.0. The highest BCUT2D eigenvalue weighted by Gasteiger charge is 2.29. The van der Waals surface area contributed by atoms with E-state index in [1.165, 1.54) is 6.20 Å². The van der Waals surface area contributed by atoms with Crippen molar-refractivity contribution in [1.29, 1.82) is 0 Å². The number of hydrogen-bond donors (Lipinski definition) is 1. The van der Waals surface area contributed by atoms with Crippen LogP contribution in [0.2, 0.25) is 0 Å². The van der Waals surface area contributed by atoms with Gasteiger partial charge >= 0.3 is 6.18 Å². The molecule has 1 amide bonds. The summed E-state index contributed by atoms with van der Waals surface area (Å²) in [7, 11) is 0. The van der Waals surface area contributed by atoms with Crippen LogP contribution in [0.4, 0.5) is 13.2 Å². The quantitative estimate of drug-likeness (QED) is 0.671. The van der Waals surface area contributed by atoms with E-state index in [2.05, 4.69) is 10.3 Å². The first-order valence-corrected chi connectivity index (χ1v) is 8.53. The number of alkyl halides is 3. The predicted molar refractivity (Wildman–Crippen MR) is 97.1 cm³/mol. The summed E-state index contributed by atoms with van der Waals surface area (Å²) < 4.78 is 43.6. The average molecular weight is 389 g/mol. The molecule has 0 aliphatic rings. The minimum Gasteiger partial charge on any atom is -0.468 e. The van der Waals surface area contributed by atoms with Crippen molar-refractivity contribution in [3.05, 3.63) is 78.2 Å². The molecule has 3 rings (SSSR count). The summed E-state index contributed by atoms with van der Waals surface area (Å²) in [5.74, 6) is -0.393. The molecule has 2 heterocycles. The molecule has 5 nitrogen and oxygen atoms in total. The Morgan fingerprint density at radius 3 is 2.46 bits per heavy atom. The van der Waals surface area contributed by atoms with Gasteiger partial charge in [-0.05, 0) is 35.9 Å². The molecule has 0 aliphatic carbocycles. The van der Waals surface area contributed by atoms with Crippen molar-refractivity contribution in [2.75, 3.05) is 6.61 Å². The Kier molecular flexibility index (Phi) is 5.98. The molecule has 0 bridgehead atoms. The molecular weight excluding hydrogens is 371 g/mol. The Hall–Kier alpha value is -3.29. The minimum atomic E-state index is -4.45. The number of nitrogens with one attached hydrogen (secondary N) is 1. The molecule has 0 radical (unpaired) electrons. The van der Waals surface area contributed by atoms with Gasteiger partial charge in [0.15, 0.2) is 6.61 Å². The molecule has 1 aromatic carbocycles. The molecule has 28 heavy (non-hydrogen) atoms. The number of aromatic nitrogens is 2. The molecule has 0 fully saturated rings. The van der Waals surface area contributed by atoms with E-state index in [4.69, 9.17) is 4.74 Å². The Bertz CT molecular complexity index is 907. The van der Waals surface area contributed by atoms with Crippen molar-refractivity contribution in [3.8, 4) is 11.6 Å². The third-order valence-corrected chi connectivity index (χ3v) is 3.90. The van der Waals surface area contributed by atoms with Gasteiger partial charge in [0.25, 0.3) is 0 Å². The first kappa shape index (κ1) is 19.5. The highest BCUT2D eigenvalue weighted by Crippen LogP contribution is 2.20. The Labute approximate surface area is 159 Å². The monoisotopic (exact) mass is 389 g/mol. The normalized spacial score (nSPS) is 11.2. The Morgan fingerprint density at radius 2 is 1.79 bits per heavy atom. The third kappa shape index (κ3) is 5.60. The van der Waals surface area contributed by atoms with Gasteiger partial charge in [-0.1, -0.05) is 18.2 Å². The second-order valence-electron chi connectivity index (χ2n) is 6.08. The van der Waals surface area contributed by atoms with E-state index in [1.807, 2.05) is 53.4 Å². The first-order valence-electron chi connectivity index (χ1n) is 8.53. The molecule has 0 atom stereocenters. The predicted octanol–water partition coefficient (Wildman–Crippen LogP) is 3.67. The molecule has 3 aromatic rings. The summed E-state index contributed by atoms with van der Waals surface area (Å²) in [6, 6.07) is 14.5. The van der Waals surface area contributed by atoms with Crippen LogP contribution in [-0.4, -0.2) is 28.2 Å². The van der Waals surface area contributed by atoms with Crippen LogP contribution in [0.5, 0.6) is 5.88 Å². The fourth-order valence-electron chi connectivity index (χ4n) is 2.57. The summed E-state index contributed by atoms with van der Waals surface area (Å²) in [6.07, 6.45) is 0.890. The minimum absolute atomic E-state index is 0.0291. The van der Waals surface area contributed by atoms with Crippen molar-refractivity contribution < 1.29 is 22.7 Å². The fraction of sp³-hybridized carbons (Fsp3) is 0.200. The standard InChI is InChI=1S/C20H18F3N3O2/c21-20(22,23)14-28-19-16(4-3-9-24-19)13-25-18(27)12-15-5-7-17(8-6-15)26-10-1-2-11-26/h1-11H,12-14H2,(H,25,27). The van der Waals surface area contributed by atoms with Gasteiger partial charge in [0.1, 0.15) is 0 Å². The number of ether oxygens (including phenoxy) is 1. The summed E-state index contributed by atoms with van der Waals surface area (Å²) in [4.78, 5) is 16.0.